The second-order valence-corrected chi connectivity index (χ2v) is 7.19. The number of thiazole rings is 1. The standard InChI is InChI=1S/C18H19F3N2OS/c1-12-10-25-17(22-12)23(11-18(19,20)21)16(24)9-13-6-7-14-4-2-3-5-15(14)8-13/h6-8,10H,2-5,9,11H2,1H3. The van der Waals surface area contributed by atoms with Crippen LogP contribution in [0, 0.1) is 6.92 Å². The number of nitrogens with zero attached hydrogens (tertiary/aromatic N) is 2. The third kappa shape index (κ3) is 4.60. The second-order valence-electron chi connectivity index (χ2n) is 6.35. The molecule has 1 aliphatic rings. The molecule has 0 radical (unpaired) electrons. The zero-order valence-electron chi connectivity index (χ0n) is 13.9. The van der Waals surface area contributed by atoms with Crippen molar-refractivity contribution in [2.24, 2.45) is 0 Å². The molecule has 0 saturated carbocycles. The van der Waals surface area contributed by atoms with Gasteiger partial charge in [0.15, 0.2) is 5.13 Å². The van der Waals surface area contributed by atoms with Crippen LogP contribution in [0.4, 0.5) is 18.3 Å². The highest BCUT2D eigenvalue weighted by molar-refractivity contribution is 7.14. The minimum atomic E-state index is -4.47. The lowest BCUT2D eigenvalue weighted by molar-refractivity contribution is -0.132. The van der Waals surface area contributed by atoms with Gasteiger partial charge in [-0.3, -0.25) is 9.69 Å². The summed E-state index contributed by atoms with van der Waals surface area (Å²) in [6, 6.07) is 5.81. The van der Waals surface area contributed by atoms with E-state index in [0.29, 0.717) is 5.69 Å². The number of fused-ring (bicyclic) bond motifs is 1. The van der Waals surface area contributed by atoms with Gasteiger partial charge in [-0.25, -0.2) is 4.98 Å². The van der Waals surface area contributed by atoms with E-state index in [9.17, 15) is 18.0 Å². The van der Waals surface area contributed by atoms with Gasteiger partial charge >= 0.3 is 6.18 Å². The molecular formula is C18H19F3N2OS. The van der Waals surface area contributed by atoms with Crippen LogP contribution in [0.5, 0.6) is 0 Å². The Hall–Kier alpha value is -1.89. The summed E-state index contributed by atoms with van der Waals surface area (Å²) in [4.78, 5) is 17.4. The monoisotopic (exact) mass is 368 g/mol. The molecule has 1 aliphatic carbocycles. The van der Waals surface area contributed by atoms with Crippen LogP contribution in [-0.2, 0) is 24.1 Å². The predicted octanol–water partition coefficient (Wildman–Crippen LogP) is 4.47. The minimum absolute atomic E-state index is 0.0536. The number of rotatable bonds is 4. The van der Waals surface area contributed by atoms with E-state index in [1.54, 1.807) is 12.3 Å². The van der Waals surface area contributed by atoms with Crippen LogP contribution < -0.4 is 4.90 Å². The molecule has 0 N–H and O–H groups in total. The zero-order valence-corrected chi connectivity index (χ0v) is 14.7. The van der Waals surface area contributed by atoms with Crippen molar-refractivity contribution < 1.29 is 18.0 Å². The fraction of sp³-hybridized carbons (Fsp3) is 0.444. The topological polar surface area (TPSA) is 33.2 Å². The SMILES string of the molecule is Cc1csc(N(CC(F)(F)F)C(=O)Cc2ccc3c(c2)CCCC3)n1. The maximum Gasteiger partial charge on any atom is 0.406 e. The van der Waals surface area contributed by atoms with Crippen LogP contribution in [-0.4, -0.2) is 23.6 Å². The van der Waals surface area contributed by atoms with Crippen molar-refractivity contribution in [3.05, 3.63) is 46.0 Å². The lowest BCUT2D eigenvalue weighted by atomic mass is 9.90. The second kappa shape index (κ2) is 7.15. The first kappa shape index (κ1) is 17.9. The van der Waals surface area contributed by atoms with Gasteiger partial charge in [-0.05, 0) is 49.3 Å². The van der Waals surface area contributed by atoms with Crippen LogP contribution in [0.2, 0.25) is 0 Å². The highest BCUT2D eigenvalue weighted by Gasteiger charge is 2.35. The average Bonchev–Trinajstić information content (AvgIpc) is 2.98. The van der Waals surface area contributed by atoms with Crippen molar-refractivity contribution in [1.82, 2.24) is 4.98 Å². The average molecular weight is 368 g/mol. The Balaban J connectivity index is 1.80. The van der Waals surface area contributed by atoms with E-state index < -0.39 is 18.6 Å². The van der Waals surface area contributed by atoms with Gasteiger partial charge in [-0.1, -0.05) is 18.2 Å². The summed E-state index contributed by atoms with van der Waals surface area (Å²) in [5.74, 6) is -0.581. The fourth-order valence-electron chi connectivity index (χ4n) is 3.07. The Kier molecular flexibility index (Phi) is 5.13. The summed E-state index contributed by atoms with van der Waals surface area (Å²) in [6.07, 6.45) is -0.248. The van der Waals surface area contributed by atoms with Crippen LogP contribution >= 0.6 is 11.3 Å². The van der Waals surface area contributed by atoms with Gasteiger partial charge in [0, 0.05) is 5.38 Å². The highest BCUT2D eigenvalue weighted by atomic mass is 32.1. The molecule has 0 spiro atoms. The number of aryl methyl sites for hydroxylation is 3. The van der Waals surface area contributed by atoms with Crippen molar-refractivity contribution in [2.75, 3.05) is 11.4 Å². The minimum Gasteiger partial charge on any atom is -0.279 e. The molecule has 0 aliphatic heterocycles. The molecule has 3 nitrogen and oxygen atoms in total. The van der Waals surface area contributed by atoms with E-state index in [1.165, 1.54) is 11.1 Å². The Morgan fingerprint density at radius 3 is 2.60 bits per heavy atom. The number of hydrogen-bond acceptors (Lipinski definition) is 3. The Labute approximate surface area is 148 Å². The summed E-state index contributed by atoms with van der Waals surface area (Å²) in [5, 5.41) is 1.74. The summed E-state index contributed by atoms with van der Waals surface area (Å²) in [5.41, 5.74) is 3.86. The van der Waals surface area contributed by atoms with Gasteiger partial charge < -0.3 is 0 Å². The van der Waals surface area contributed by atoms with Crippen molar-refractivity contribution in [3.8, 4) is 0 Å². The van der Waals surface area contributed by atoms with Crippen molar-refractivity contribution in [1.29, 1.82) is 0 Å². The molecule has 7 heteroatoms. The number of hydrogen-bond donors (Lipinski definition) is 0. The van der Waals surface area contributed by atoms with Gasteiger partial charge in [-0.15, -0.1) is 11.3 Å². The van der Waals surface area contributed by atoms with Gasteiger partial charge in [0.05, 0.1) is 12.1 Å². The Bertz CT molecular complexity index is 770. The normalized spacial score (nSPS) is 14.2. The molecule has 1 heterocycles. The Morgan fingerprint density at radius 1 is 1.24 bits per heavy atom. The molecule has 2 aromatic rings. The molecule has 1 amide bonds. The van der Waals surface area contributed by atoms with Gasteiger partial charge in [0.25, 0.3) is 0 Å². The number of alkyl halides is 3. The van der Waals surface area contributed by atoms with Crippen LogP contribution in [0.3, 0.4) is 0 Å². The first-order chi connectivity index (χ1) is 11.8. The predicted molar refractivity (Wildman–Crippen MR) is 92.0 cm³/mol. The molecule has 0 fully saturated rings. The lowest BCUT2D eigenvalue weighted by Gasteiger charge is -2.22. The summed E-state index contributed by atoms with van der Waals surface area (Å²) in [6.45, 7) is 0.378. The van der Waals surface area contributed by atoms with Crippen molar-refractivity contribution in [3.63, 3.8) is 0 Å². The number of benzene rings is 1. The number of anilines is 1. The molecule has 0 bridgehead atoms. The van der Waals surface area contributed by atoms with E-state index in [-0.39, 0.29) is 11.6 Å². The number of halogens is 3. The molecule has 0 atom stereocenters. The Morgan fingerprint density at radius 2 is 1.96 bits per heavy atom. The molecule has 0 saturated heterocycles. The van der Waals surface area contributed by atoms with E-state index in [1.807, 2.05) is 18.2 Å². The van der Waals surface area contributed by atoms with E-state index in [0.717, 1.165) is 47.5 Å². The molecular weight excluding hydrogens is 349 g/mol. The quantitative estimate of drug-likeness (QED) is 0.798. The van der Waals surface area contributed by atoms with Crippen LogP contribution in [0.1, 0.15) is 35.2 Å². The molecule has 134 valence electrons. The van der Waals surface area contributed by atoms with Gasteiger partial charge in [0.1, 0.15) is 6.54 Å². The van der Waals surface area contributed by atoms with E-state index in [4.69, 9.17) is 0 Å². The van der Waals surface area contributed by atoms with Gasteiger partial charge in [-0.2, -0.15) is 13.2 Å². The highest BCUT2D eigenvalue weighted by Crippen LogP contribution is 2.27. The third-order valence-corrected chi connectivity index (χ3v) is 5.23. The number of carbonyl (C=O) groups excluding carboxylic acids is 1. The van der Waals surface area contributed by atoms with Crippen molar-refractivity contribution in [2.45, 2.75) is 45.2 Å². The molecule has 3 rings (SSSR count). The number of aromatic nitrogens is 1. The van der Waals surface area contributed by atoms with Gasteiger partial charge in [0.2, 0.25) is 5.91 Å². The summed E-state index contributed by atoms with van der Waals surface area (Å²) in [7, 11) is 0. The van der Waals surface area contributed by atoms with E-state index in [2.05, 4.69) is 4.98 Å². The van der Waals surface area contributed by atoms with Crippen LogP contribution in [0.15, 0.2) is 23.6 Å². The zero-order chi connectivity index (χ0) is 18.0. The van der Waals surface area contributed by atoms with E-state index >= 15 is 0 Å². The number of amides is 1. The first-order valence-corrected chi connectivity index (χ1v) is 9.10. The van der Waals surface area contributed by atoms with Crippen molar-refractivity contribution >= 4 is 22.4 Å². The number of carbonyl (C=O) groups is 1. The maximum atomic E-state index is 12.9. The smallest absolute Gasteiger partial charge is 0.279 e. The third-order valence-electron chi connectivity index (χ3n) is 4.24. The fourth-order valence-corrected chi connectivity index (χ4v) is 3.89. The largest absolute Gasteiger partial charge is 0.406 e. The molecule has 1 aromatic carbocycles. The lowest BCUT2D eigenvalue weighted by Crippen LogP contribution is -2.40. The van der Waals surface area contributed by atoms with Crippen LogP contribution in [0.25, 0.3) is 0 Å². The first-order valence-electron chi connectivity index (χ1n) is 8.22. The molecule has 25 heavy (non-hydrogen) atoms. The summed E-state index contributed by atoms with van der Waals surface area (Å²) >= 11 is 1.05. The summed E-state index contributed by atoms with van der Waals surface area (Å²) < 4.78 is 38.7. The molecule has 0 unspecified atom stereocenters. The maximum absolute atomic E-state index is 12.9. The molecule has 1 aromatic heterocycles.